The Labute approximate surface area is 231 Å². The minimum atomic E-state index is -0.368. The largest absolute Gasteiger partial charge is 0.508 e. The minimum absolute atomic E-state index is 0.0403. The lowest BCUT2D eigenvalue weighted by Crippen LogP contribution is -2.04. The van der Waals surface area contributed by atoms with Gasteiger partial charge in [0.05, 0.1) is 25.0 Å². The van der Waals surface area contributed by atoms with Crippen LogP contribution in [0, 0.1) is 0 Å². The molecular formula is C31H24O10. The second-order valence-corrected chi connectivity index (χ2v) is 8.79. The van der Waals surface area contributed by atoms with Gasteiger partial charge in [-0.05, 0) is 24.3 Å². The molecule has 0 aliphatic carbocycles. The van der Waals surface area contributed by atoms with Crippen LogP contribution in [0.15, 0.2) is 91.7 Å². The first kappa shape index (κ1) is 26.9. The normalized spacial score (nSPS) is 10.9. The van der Waals surface area contributed by atoms with Crippen LogP contribution in [-0.2, 0) is 0 Å². The number of benzene rings is 4. The van der Waals surface area contributed by atoms with Gasteiger partial charge in [-0.3, -0.25) is 9.59 Å². The van der Waals surface area contributed by atoms with Crippen LogP contribution in [0.1, 0.15) is 0 Å². The molecule has 3 N–H and O–H groups in total. The highest BCUT2D eigenvalue weighted by molar-refractivity contribution is 5.96. The molecule has 0 fully saturated rings. The Balaban J connectivity index is 0.000000166. The van der Waals surface area contributed by atoms with E-state index in [4.69, 9.17) is 23.0 Å². The van der Waals surface area contributed by atoms with E-state index in [9.17, 15) is 24.9 Å². The van der Waals surface area contributed by atoms with Gasteiger partial charge >= 0.3 is 0 Å². The predicted molar refractivity (Wildman–Crippen MR) is 154 cm³/mol. The van der Waals surface area contributed by atoms with Gasteiger partial charge in [0.2, 0.25) is 10.9 Å². The van der Waals surface area contributed by atoms with Gasteiger partial charge in [-0.25, -0.2) is 0 Å². The fraction of sp³-hybridized carbons (Fsp3) is 0.0968. The van der Waals surface area contributed by atoms with Crippen molar-refractivity contribution < 1.29 is 38.4 Å². The zero-order valence-corrected chi connectivity index (χ0v) is 22.0. The van der Waals surface area contributed by atoms with Gasteiger partial charge in [-0.1, -0.05) is 24.8 Å². The van der Waals surface area contributed by atoms with Gasteiger partial charge < -0.3 is 38.4 Å². The lowest BCUT2D eigenvalue weighted by Gasteiger charge is -2.09. The van der Waals surface area contributed by atoms with Crippen molar-refractivity contribution in [2.45, 2.75) is 0 Å². The average Bonchev–Trinajstić information content (AvgIpc) is 2.95. The number of rotatable bonds is 5. The van der Waals surface area contributed by atoms with E-state index in [-0.39, 0.29) is 62.2 Å². The van der Waals surface area contributed by atoms with Crippen molar-refractivity contribution >= 4 is 43.9 Å². The van der Waals surface area contributed by atoms with Crippen molar-refractivity contribution in [3.8, 4) is 34.5 Å². The summed E-state index contributed by atoms with van der Waals surface area (Å²) in [6.07, 6.45) is 1.58. The Morgan fingerprint density at radius 1 is 0.756 bits per heavy atom. The molecule has 208 valence electrons. The van der Waals surface area contributed by atoms with E-state index in [0.29, 0.717) is 33.6 Å². The Bertz CT molecular complexity index is 2070. The maximum absolute atomic E-state index is 12.6. The monoisotopic (exact) mass is 556 g/mol. The van der Waals surface area contributed by atoms with Crippen LogP contribution >= 0.6 is 0 Å². The highest BCUT2D eigenvalue weighted by Gasteiger charge is 2.17. The zero-order valence-electron chi connectivity index (χ0n) is 22.0. The van der Waals surface area contributed by atoms with Crippen molar-refractivity contribution in [3.63, 3.8) is 0 Å². The Morgan fingerprint density at radius 3 is 1.78 bits per heavy atom. The van der Waals surface area contributed by atoms with Gasteiger partial charge in [-0.2, -0.15) is 0 Å². The smallest absolute Gasteiger partial charge is 0.204 e. The molecule has 6 rings (SSSR count). The van der Waals surface area contributed by atoms with Gasteiger partial charge in [0, 0.05) is 24.3 Å². The average molecular weight is 557 g/mol. The molecular weight excluding hydrogens is 532 g/mol. The molecule has 0 radical (unpaired) electrons. The summed E-state index contributed by atoms with van der Waals surface area (Å²) in [6, 6.07) is 15.3. The number of fused-ring (bicyclic) bond motifs is 4. The van der Waals surface area contributed by atoms with E-state index in [2.05, 4.69) is 6.58 Å². The lowest BCUT2D eigenvalue weighted by atomic mass is 10.1. The summed E-state index contributed by atoms with van der Waals surface area (Å²) in [4.78, 5) is 24.9. The number of para-hydroxylation sites is 2. The van der Waals surface area contributed by atoms with E-state index in [1.165, 1.54) is 26.4 Å². The van der Waals surface area contributed by atoms with E-state index < -0.39 is 0 Å². The summed E-state index contributed by atoms with van der Waals surface area (Å²) in [6.45, 7) is 3.84. The summed E-state index contributed by atoms with van der Waals surface area (Å²) in [5.74, 6) is 0.584. The second-order valence-electron chi connectivity index (χ2n) is 8.79. The van der Waals surface area contributed by atoms with E-state index in [1.54, 1.807) is 48.5 Å². The molecule has 0 saturated heterocycles. The molecule has 0 unspecified atom stereocenters. The Hall–Kier alpha value is -5.64. The number of hydrogen-bond donors (Lipinski definition) is 3. The third-order valence-electron chi connectivity index (χ3n) is 6.25. The van der Waals surface area contributed by atoms with Crippen LogP contribution in [0.4, 0.5) is 0 Å². The molecule has 10 nitrogen and oxygen atoms in total. The molecule has 0 amide bonds. The molecule has 10 heteroatoms. The van der Waals surface area contributed by atoms with Crippen LogP contribution in [-0.4, -0.2) is 36.1 Å². The topological polar surface area (TPSA) is 149 Å². The summed E-state index contributed by atoms with van der Waals surface area (Å²) in [5, 5.41) is 30.2. The Kier molecular flexibility index (Phi) is 7.13. The Morgan fingerprint density at radius 2 is 1.27 bits per heavy atom. The molecule has 0 bridgehead atoms. The van der Waals surface area contributed by atoms with Gasteiger partial charge in [0.15, 0.2) is 22.7 Å². The first-order chi connectivity index (χ1) is 19.8. The van der Waals surface area contributed by atoms with Crippen LogP contribution in [0.25, 0.3) is 43.9 Å². The van der Waals surface area contributed by atoms with Crippen LogP contribution in [0.2, 0.25) is 0 Å². The van der Waals surface area contributed by atoms with Crippen LogP contribution < -0.4 is 25.1 Å². The van der Waals surface area contributed by atoms with Gasteiger partial charge in [0.1, 0.15) is 51.5 Å². The molecule has 0 saturated carbocycles. The SMILES string of the molecule is C=CCOc1cc(O)c2c(=O)c3cccc(OC)c3oc2c1.COc1cccc2c(=O)c3c(O)cc(O)cc3oc12. The first-order valence-electron chi connectivity index (χ1n) is 12.2. The van der Waals surface area contributed by atoms with Crippen molar-refractivity contribution in [1.82, 2.24) is 0 Å². The molecule has 0 aliphatic rings. The first-order valence-corrected chi connectivity index (χ1v) is 12.2. The van der Waals surface area contributed by atoms with Crippen molar-refractivity contribution in [1.29, 1.82) is 0 Å². The predicted octanol–water partition coefficient (Wildman–Crippen LogP) is 5.59. The molecule has 2 aromatic heterocycles. The van der Waals surface area contributed by atoms with Crippen molar-refractivity contribution in [2.24, 2.45) is 0 Å². The standard InChI is InChI=1S/C17H14O5.C14H10O5/c1-3-7-21-10-8-12(18)15-14(9-10)22-17-11(16(15)19)5-4-6-13(17)20-2;1-18-10-4-2-3-8-13(17)12-9(16)5-7(15)6-11(12)19-14(8)10/h3-6,8-9,18H,1,7H2,2H3;2-6,15-16H,1H3. The van der Waals surface area contributed by atoms with Crippen molar-refractivity contribution in [3.05, 3.63) is 93.8 Å². The highest BCUT2D eigenvalue weighted by Crippen LogP contribution is 2.34. The van der Waals surface area contributed by atoms with E-state index in [1.807, 2.05) is 0 Å². The minimum Gasteiger partial charge on any atom is -0.508 e. The molecule has 41 heavy (non-hydrogen) atoms. The fourth-order valence-electron chi connectivity index (χ4n) is 4.43. The van der Waals surface area contributed by atoms with Gasteiger partial charge in [0.25, 0.3) is 0 Å². The number of ether oxygens (including phenoxy) is 3. The van der Waals surface area contributed by atoms with Crippen LogP contribution in [0.5, 0.6) is 34.5 Å². The fourth-order valence-corrected chi connectivity index (χ4v) is 4.43. The molecule has 4 aromatic carbocycles. The van der Waals surface area contributed by atoms with Crippen molar-refractivity contribution in [2.75, 3.05) is 20.8 Å². The quantitative estimate of drug-likeness (QED) is 0.181. The second kappa shape index (κ2) is 10.9. The highest BCUT2D eigenvalue weighted by atomic mass is 16.5. The van der Waals surface area contributed by atoms with Gasteiger partial charge in [-0.15, -0.1) is 0 Å². The summed E-state index contributed by atoms with van der Waals surface area (Å²) < 4.78 is 27.1. The maximum Gasteiger partial charge on any atom is 0.204 e. The number of phenols is 3. The molecule has 0 aliphatic heterocycles. The third-order valence-corrected chi connectivity index (χ3v) is 6.25. The summed E-state index contributed by atoms with van der Waals surface area (Å²) in [5.41, 5.74) is 0.284. The van der Waals surface area contributed by atoms with Crippen LogP contribution in [0.3, 0.4) is 0 Å². The van der Waals surface area contributed by atoms with E-state index >= 15 is 0 Å². The summed E-state index contributed by atoms with van der Waals surface area (Å²) in [7, 11) is 2.97. The van der Waals surface area contributed by atoms with E-state index in [0.717, 1.165) is 6.07 Å². The molecule has 0 atom stereocenters. The molecule has 6 aromatic rings. The number of aromatic hydroxyl groups is 3. The lowest BCUT2D eigenvalue weighted by molar-refractivity contribution is 0.360. The number of methoxy groups -OCH3 is 2. The molecule has 2 heterocycles. The number of hydrogen-bond acceptors (Lipinski definition) is 10. The third kappa shape index (κ3) is 4.82. The summed E-state index contributed by atoms with van der Waals surface area (Å²) >= 11 is 0. The maximum atomic E-state index is 12.6. The number of phenolic OH excluding ortho intramolecular Hbond substituents is 3. The zero-order chi connectivity index (χ0) is 29.3. The molecule has 0 spiro atoms.